The molecule has 28 heavy (non-hydrogen) atoms. The number of amides is 1. The number of Topliss-reactive ketones (excluding diaryl/α,β-unsaturated/α-hetero) is 1. The maximum atomic E-state index is 12.3. The van der Waals surface area contributed by atoms with Crippen molar-refractivity contribution < 1.29 is 19.1 Å². The molecule has 1 amide bonds. The van der Waals surface area contributed by atoms with Gasteiger partial charge in [0.05, 0.1) is 6.21 Å². The van der Waals surface area contributed by atoms with Crippen molar-refractivity contribution in [3.8, 4) is 11.5 Å². The Bertz CT molecular complexity index is 1060. The van der Waals surface area contributed by atoms with Gasteiger partial charge in [-0.2, -0.15) is 5.10 Å². The molecule has 1 aliphatic heterocycles. The second-order valence-electron chi connectivity index (χ2n) is 6.26. The molecule has 0 unspecified atom stereocenters. The van der Waals surface area contributed by atoms with Gasteiger partial charge in [-0.1, -0.05) is 18.2 Å². The number of hydrazone groups is 1. The minimum atomic E-state index is -0.304. The van der Waals surface area contributed by atoms with Crippen LogP contribution in [0, 0.1) is 0 Å². The van der Waals surface area contributed by atoms with E-state index in [1.807, 2.05) is 29.6 Å². The first-order valence-electron chi connectivity index (χ1n) is 8.92. The van der Waals surface area contributed by atoms with Crippen LogP contribution in [0.5, 0.6) is 11.5 Å². The molecule has 0 saturated heterocycles. The van der Waals surface area contributed by atoms with Crippen molar-refractivity contribution in [1.29, 1.82) is 0 Å². The lowest BCUT2D eigenvalue weighted by Crippen LogP contribution is -2.19. The molecule has 1 aromatic heterocycles. The summed E-state index contributed by atoms with van der Waals surface area (Å²) in [4.78, 5) is 24.3. The van der Waals surface area contributed by atoms with Gasteiger partial charge in [0.1, 0.15) is 13.2 Å². The number of fused-ring (bicyclic) bond motifs is 2. The van der Waals surface area contributed by atoms with Crippen molar-refractivity contribution in [2.45, 2.75) is 12.8 Å². The number of thiophene rings is 1. The van der Waals surface area contributed by atoms with E-state index in [0.29, 0.717) is 30.3 Å². The van der Waals surface area contributed by atoms with Gasteiger partial charge in [-0.05, 0) is 24.3 Å². The zero-order valence-electron chi connectivity index (χ0n) is 15.0. The summed E-state index contributed by atoms with van der Waals surface area (Å²) < 4.78 is 12.1. The quantitative estimate of drug-likeness (QED) is 0.392. The van der Waals surface area contributed by atoms with Crippen molar-refractivity contribution in [2.75, 3.05) is 13.2 Å². The molecule has 0 spiro atoms. The number of ketones is 1. The zero-order chi connectivity index (χ0) is 19.3. The summed E-state index contributed by atoms with van der Waals surface area (Å²) in [6.45, 7) is 0.965. The van der Waals surface area contributed by atoms with E-state index in [1.165, 1.54) is 4.70 Å². The number of hydrogen-bond acceptors (Lipinski definition) is 6. The fourth-order valence-corrected chi connectivity index (χ4v) is 3.83. The van der Waals surface area contributed by atoms with Crippen LogP contribution in [0.2, 0.25) is 0 Å². The highest BCUT2D eigenvalue weighted by molar-refractivity contribution is 7.17. The van der Waals surface area contributed by atoms with Gasteiger partial charge in [-0.3, -0.25) is 9.59 Å². The molecule has 4 rings (SSSR count). The summed E-state index contributed by atoms with van der Waals surface area (Å²) in [5.74, 6) is 0.770. The number of nitrogens with one attached hydrogen (secondary N) is 1. The van der Waals surface area contributed by atoms with E-state index in [1.54, 1.807) is 35.8 Å². The number of carbonyl (C=O) groups is 2. The Hall–Kier alpha value is -3.19. The van der Waals surface area contributed by atoms with E-state index >= 15 is 0 Å². The SMILES string of the molecule is O=C(CCC(=O)c1ccc2c(c1)OCCO2)N/N=C/c1csc2ccccc12. The maximum absolute atomic E-state index is 12.3. The summed E-state index contributed by atoms with van der Waals surface area (Å²) in [5, 5.41) is 7.09. The Kier molecular flexibility index (Phi) is 5.34. The fraction of sp³-hybridized carbons (Fsp3) is 0.190. The molecular weight excluding hydrogens is 376 g/mol. The summed E-state index contributed by atoms with van der Waals surface area (Å²) in [6.07, 6.45) is 1.79. The second kappa shape index (κ2) is 8.22. The van der Waals surface area contributed by atoms with Gasteiger partial charge in [0, 0.05) is 39.4 Å². The molecule has 0 bridgehead atoms. The van der Waals surface area contributed by atoms with Crippen LogP contribution in [0.4, 0.5) is 0 Å². The van der Waals surface area contributed by atoms with E-state index in [9.17, 15) is 9.59 Å². The molecular formula is C21H18N2O4S. The number of carbonyl (C=O) groups excluding carboxylic acids is 2. The Balaban J connectivity index is 1.30. The first kappa shape index (κ1) is 18.2. The molecule has 0 aliphatic carbocycles. The smallest absolute Gasteiger partial charge is 0.240 e. The lowest BCUT2D eigenvalue weighted by molar-refractivity contribution is -0.121. The Morgan fingerprint density at radius 1 is 1.07 bits per heavy atom. The first-order valence-corrected chi connectivity index (χ1v) is 9.79. The number of hydrogen-bond donors (Lipinski definition) is 1. The number of nitrogens with zero attached hydrogens (tertiary/aromatic N) is 1. The Morgan fingerprint density at radius 2 is 1.89 bits per heavy atom. The van der Waals surface area contributed by atoms with Crippen molar-refractivity contribution in [2.24, 2.45) is 5.10 Å². The number of rotatable bonds is 6. The summed E-state index contributed by atoms with van der Waals surface area (Å²) >= 11 is 1.63. The van der Waals surface area contributed by atoms with Crippen LogP contribution < -0.4 is 14.9 Å². The maximum Gasteiger partial charge on any atom is 0.240 e. The molecule has 2 heterocycles. The summed E-state index contributed by atoms with van der Waals surface area (Å²) in [7, 11) is 0. The van der Waals surface area contributed by atoms with Crippen LogP contribution in [-0.2, 0) is 4.79 Å². The van der Waals surface area contributed by atoms with Crippen molar-refractivity contribution in [3.63, 3.8) is 0 Å². The third kappa shape index (κ3) is 4.04. The van der Waals surface area contributed by atoms with Crippen LogP contribution in [0.3, 0.4) is 0 Å². The van der Waals surface area contributed by atoms with Gasteiger partial charge in [0.2, 0.25) is 5.91 Å². The molecule has 1 N–H and O–H groups in total. The minimum Gasteiger partial charge on any atom is -0.486 e. The monoisotopic (exact) mass is 394 g/mol. The van der Waals surface area contributed by atoms with Crippen LogP contribution >= 0.6 is 11.3 Å². The average molecular weight is 394 g/mol. The normalized spacial score (nSPS) is 13.0. The van der Waals surface area contributed by atoms with Crippen LogP contribution in [-0.4, -0.2) is 31.1 Å². The van der Waals surface area contributed by atoms with Crippen molar-refractivity contribution in [3.05, 3.63) is 59.0 Å². The standard InChI is InChI=1S/C21H18N2O4S/c24-17(14-5-7-18-19(11-14)27-10-9-26-18)6-8-21(25)23-22-12-15-13-28-20-4-2-1-3-16(15)20/h1-5,7,11-13H,6,8-10H2,(H,23,25)/b22-12+. The van der Waals surface area contributed by atoms with Gasteiger partial charge in [0.15, 0.2) is 17.3 Å². The van der Waals surface area contributed by atoms with Crippen molar-refractivity contribution in [1.82, 2.24) is 5.43 Å². The third-order valence-corrected chi connectivity index (χ3v) is 5.33. The molecule has 0 fully saturated rings. The topological polar surface area (TPSA) is 77.0 Å². The average Bonchev–Trinajstić information content (AvgIpc) is 3.15. The highest BCUT2D eigenvalue weighted by atomic mass is 32.1. The highest BCUT2D eigenvalue weighted by Crippen LogP contribution is 2.31. The van der Waals surface area contributed by atoms with E-state index in [-0.39, 0.29) is 24.5 Å². The highest BCUT2D eigenvalue weighted by Gasteiger charge is 2.15. The Labute approximate surface area is 165 Å². The lowest BCUT2D eigenvalue weighted by atomic mass is 10.1. The van der Waals surface area contributed by atoms with Crippen LogP contribution in [0.15, 0.2) is 52.9 Å². The predicted octanol–water partition coefficient (Wildman–Crippen LogP) is 3.79. The van der Waals surface area contributed by atoms with E-state index in [4.69, 9.17) is 9.47 Å². The fourth-order valence-electron chi connectivity index (χ4n) is 2.92. The molecule has 142 valence electrons. The minimum absolute atomic E-state index is 0.0645. The largest absolute Gasteiger partial charge is 0.486 e. The molecule has 0 saturated carbocycles. The third-order valence-electron chi connectivity index (χ3n) is 4.35. The van der Waals surface area contributed by atoms with Gasteiger partial charge >= 0.3 is 0 Å². The molecule has 6 nitrogen and oxygen atoms in total. The van der Waals surface area contributed by atoms with E-state index in [0.717, 1.165) is 10.9 Å². The molecule has 0 radical (unpaired) electrons. The lowest BCUT2D eigenvalue weighted by Gasteiger charge is -2.18. The van der Waals surface area contributed by atoms with Crippen LogP contribution in [0.1, 0.15) is 28.8 Å². The van der Waals surface area contributed by atoms with Crippen LogP contribution in [0.25, 0.3) is 10.1 Å². The van der Waals surface area contributed by atoms with E-state index in [2.05, 4.69) is 10.5 Å². The van der Waals surface area contributed by atoms with Gasteiger partial charge in [-0.25, -0.2) is 5.43 Å². The van der Waals surface area contributed by atoms with Gasteiger partial charge in [-0.15, -0.1) is 11.3 Å². The van der Waals surface area contributed by atoms with Gasteiger partial charge in [0.25, 0.3) is 0 Å². The molecule has 2 aromatic carbocycles. The second-order valence-corrected chi connectivity index (χ2v) is 7.17. The molecule has 0 atom stereocenters. The number of ether oxygens (including phenoxy) is 2. The van der Waals surface area contributed by atoms with E-state index < -0.39 is 0 Å². The first-order chi connectivity index (χ1) is 13.7. The predicted molar refractivity (Wildman–Crippen MR) is 109 cm³/mol. The molecule has 7 heteroatoms. The summed E-state index contributed by atoms with van der Waals surface area (Å²) in [5.41, 5.74) is 3.94. The molecule has 1 aliphatic rings. The zero-order valence-corrected chi connectivity index (χ0v) is 15.8. The van der Waals surface area contributed by atoms with Gasteiger partial charge < -0.3 is 9.47 Å². The van der Waals surface area contributed by atoms with Crippen molar-refractivity contribution >= 4 is 39.3 Å². The summed E-state index contributed by atoms with van der Waals surface area (Å²) in [6, 6.07) is 13.1. The molecule has 3 aromatic rings. The number of benzene rings is 2. The Morgan fingerprint density at radius 3 is 2.79 bits per heavy atom.